The number of amides is 2. The number of aromatic nitrogens is 3. The third-order valence-corrected chi connectivity index (χ3v) is 4.79. The zero-order valence-corrected chi connectivity index (χ0v) is 14.5. The lowest BCUT2D eigenvalue weighted by Gasteiger charge is -2.43. The minimum Gasteiger partial charge on any atom is -0.437 e. The number of nitrogens with zero attached hydrogens (tertiary/aromatic N) is 5. The Hall–Kier alpha value is -2.61. The van der Waals surface area contributed by atoms with Crippen molar-refractivity contribution in [1.82, 2.24) is 29.9 Å². The van der Waals surface area contributed by atoms with Gasteiger partial charge in [0.05, 0.1) is 23.5 Å². The summed E-state index contributed by atoms with van der Waals surface area (Å²) in [6.45, 7) is 6.08. The van der Waals surface area contributed by atoms with E-state index >= 15 is 0 Å². The van der Waals surface area contributed by atoms with Crippen molar-refractivity contribution >= 4 is 6.03 Å². The fourth-order valence-electron chi connectivity index (χ4n) is 3.44. The van der Waals surface area contributed by atoms with Gasteiger partial charge in [-0.25, -0.2) is 9.48 Å². The van der Waals surface area contributed by atoms with E-state index in [0.717, 1.165) is 49.9 Å². The van der Waals surface area contributed by atoms with Crippen molar-refractivity contribution in [2.75, 3.05) is 26.2 Å². The summed E-state index contributed by atoms with van der Waals surface area (Å²) in [6, 6.07) is 4.09. The van der Waals surface area contributed by atoms with Crippen LogP contribution in [0.15, 0.2) is 24.5 Å². The lowest BCUT2D eigenvalue weighted by atomic mass is 10.1. The fourth-order valence-corrected chi connectivity index (χ4v) is 3.44. The van der Waals surface area contributed by atoms with E-state index in [2.05, 4.69) is 20.3 Å². The largest absolute Gasteiger partial charge is 0.437 e. The molecule has 2 fully saturated rings. The average Bonchev–Trinajstić information content (AvgIpc) is 3.08. The Morgan fingerprint density at radius 1 is 1.40 bits per heavy atom. The van der Waals surface area contributed by atoms with Crippen molar-refractivity contribution in [3.05, 3.63) is 35.8 Å². The highest BCUT2D eigenvalue weighted by Crippen LogP contribution is 2.29. The van der Waals surface area contributed by atoms with Gasteiger partial charge in [-0.05, 0) is 19.1 Å². The van der Waals surface area contributed by atoms with Gasteiger partial charge in [0.25, 0.3) is 0 Å². The number of hydrogen-bond donors (Lipinski definition) is 1. The van der Waals surface area contributed by atoms with Gasteiger partial charge in [0.15, 0.2) is 0 Å². The Kier molecular flexibility index (Phi) is 4.04. The summed E-state index contributed by atoms with van der Waals surface area (Å²) in [5, 5.41) is 7.36. The zero-order valence-electron chi connectivity index (χ0n) is 14.5. The number of nitrogens with one attached hydrogen (secondary N) is 1. The molecule has 8 nitrogen and oxygen atoms in total. The maximum Gasteiger partial charge on any atom is 0.317 e. The Labute approximate surface area is 146 Å². The van der Waals surface area contributed by atoms with Gasteiger partial charge in [-0.15, -0.1) is 0 Å². The second kappa shape index (κ2) is 6.36. The zero-order chi connectivity index (χ0) is 17.4. The van der Waals surface area contributed by atoms with Crippen molar-refractivity contribution < 1.29 is 9.53 Å². The highest BCUT2D eigenvalue weighted by Gasteiger charge is 2.37. The number of aryl methyl sites for hydroxylation is 2. The Balaban J connectivity index is 1.44. The molecule has 8 heteroatoms. The quantitative estimate of drug-likeness (QED) is 0.881. The van der Waals surface area contributed by atoms with E-state index in [0.29, 0.717) is 11.8 Å². The Morgan fingerprint density at radius 2 is 2.24 bits per heavy atom. The van der Waals surface area contributed by atoms with Crippen LogP contribution < -0.4 is 10.1 Å². The number of likely N-dealkylation sites (tertiary alicyclic amines) is 1. The molecular weight excluding hydrogens is 320 g/mol. The first kappa shape index (κ1) is 15.9. The van der Waals surface area contributed by atoms with Crippen molar-refractivity contribution in [2.24, 2.45) is 7.05 Å². The van der Waals surface area contributed by atoms with E-state index in [9.17, 15) is 4.79 Å². The summed E-state index contributed by atoms with van der Waals surface area (Å²) in [5.74, 6) is 1.44. The molecule has 4 heterocycles. The molecule has 2 amide bonds. The maximum absolute atomic E-state index is 11.7. The molecule has 4 rings (SSSR count). The molecule has 1 N–H and O–H groups in total. The van der Waals surface area contributed by atoms with Crippen LogP contribution in [0.25, 0.3) is 0 Å². The van der Waals surface area contributed by atoms with Crippen LogP contribution in [0.2, 0.25) is 0 Å². The van der Waals surface area contributed by atoms with Crippen molar-refractivity contribution in [2.45, 2.75) is 19.5 Å². The number of rotatable bonds is 5. The van der Waals surface area contributed by atoms with Crippen molar-refractivity contribution in [3.63, 3.8) is 0 Å². The van der Waals surface area contributed by atoms with Gasteiger partial charge in [0.1, 0.15) is 5.75 Å². The molecule has 0 atom stereocenters. The van der Waals surface area contributed by atoms with Gasteiger partial charge >= 0.3 is 6.03 Å². The van der Waals surface area contributed by atoms with E-state index in [1.165, 1.54) is 0 Å². The third-order valence-electron chi connectivity index (χ3n) is 4.79. The Morgan fingerprint density at radius 3 is 2.92 bits per heavy atom. The molecule has 2 aliphatic heterocycles. The summed E-state index contributed by atoms with van der Waals surface area (Å²) in [6.07, 6.45) is 3.41. The van der Waals surface area contributed by atoms with E-state index in [1.807, 2.05) is 31.0 Å². The summed E-state index contributed by atoms with van der Waals surface area (Å²) < 4.78 is 7.78. The molecule has 0 bridgehead atoms. The normalized spacial score (nSPS) is 18.3. The molecule has 2 saturated heterocycles. The number of ether oxygens (including phenoxy) is 1. The second-order valence-electron chi connectivity index (χ2n) is 6.56. The smallest absolute Gasteiger partial charge is 0.317 e. The number of carbonyl (C=O) groups is 1. The number of pyridine rings is 1. The lowest BCUT2D eigenvalue weighted by Crippen LogP contribution is -2.59. The fraction of sp³-hybridized carbons (Fsp3) is 0.471. The molecule has 2 aromatic rings. The SMILES string of the molecule is Cc1nn(C)c(Oc2cccnc2)c1CN1CC(N2CCNC2=O)C1. The van der Waals surface area contributed by atoms with Crippen molar-refractivity contribution in [1.29, 1.82) is 0 Å². The second-order valence-corrected chi connectivity index (χ2v) is 6.56. The van der Waals surface area contributed by atoms with E-state index in [-0.39, 0.29) is 6.03 Å². The van der Waals surface area contributed by atoms with Crippen LogP contribution in [0, 0.1) is 6.92 Å². The van der Waals surface area contributed by atoms with Crippen LogP contribution >= 0.6 is 0 Å². The molecule has 0 spiro atoms. The van der Waals surface area contributed by atoms with Crippen LogP contribution in [-0.2, 0) is 13.6 Å². The summed E-state index contributed by atoms with van der Waals surface area (Å²) in [5.41, 5.74) is 2.04. The number of urea groups is 1. The molecular formula is C17H22N6O2. The average molecular weight is 342 g/mol. The minimum atomic E-state index is 0.0582. The predicted octanol–water partition coefficient (Wildman–Crippen LogP) is 1.13. The molecule has 0 radical (unpaired) electrons. The van der Waals surface area contributed by atoms with Gasteiger partial charge in [0.2, 0.25) is 5.88 Å². The first-order chi connectivity index (χ1) is 12.1. The molecule has 132 valence electrons. The van der Waals surface area contributed by atoms with Crippen LogP contribution in [0.5, 0.6) is 11.6 Å². The molecule has 2 aliphatic rings. The molecule has 2 aromatic heterocycles. The number of carbonyl (C=O) groups excluding carboxylic acids is 1. The maximum atomic E-state index is 11.7. The highest BCUT2D eigenvalue weighted by atomic mass is 16.5. The molecule has 0 unspecified atom stereocenters. The van der Waals surface area contributed by atoms with Gasteiger partial charge in [0, 0.05) is 46.0 Å². The summed E-state index contributed by atoms with van der Waals surface area (Å²) in [7, 11) is 1.88. The van der Waals surface area contributed by atoms with Crippen LogP contribution in [0.4, 0.5) is 4.79 Å². The first-order valence-electron chi connectivity index (χ1n) is 8.49. The topological polar surface area (TPSA) is 75.5 Å². The van der Waals surface area contributed by atoms with Gasteiger partial charge in [-0.2, -0.15) is 5.10 Å². The molecule has 0 aromatic carbocycles. The Bertz CT molecular complexity index is 769. The number of hydrogen-bond acceptors (Lipinski definition) is 5. The van der Waals surface area contributed by atoms with Crippen LogP contribution in [-0.4, -0.2) is 62.8 Å². The summed E-state index contributed by atoms with van der Waals surface area (Å²) >= 11 is 0. The van der Waals surface area contributed by atoms with E-state index in [1.54, 1.807) is 17.1 Å². The van der Waals surface area contributed by atoms with Crippen LogP contribution in [0.3, 0.4) is 0 Å². The first-order valence-corrected chi connectivity index (χ1v) is 8.49. The molecule has 0 aliphatic carbocycles. The van der Waals surface area contributed by atoms with Gasteiger partial charge < -0.3 is 15.0 Å². The summed E-state index contributed by atoms with van der Waals surface area (Å²) in [4.78, 5) is 20.1. The van der Waals surface area contributed by atoms with Crippen LogP contribution in [0.1, 0.15) is 11.3 Å². The van der Waals surface area contributed by atoms with E-state index in [4.69, 9.17) is 4.74 Å². The van der Waals surface area contributed by atoms with Crippen molar-refractivity contribution in [3.8, 4) is 11.6 Å². The highest BCUT2D eigenvalue weighted by molar-refractivity contribution is 5.76. The van der Waals surface area contributed by atoms with Gasteiger partial charge in [-0.1, -0.05) is 0 Å². The monoisotopic (exact) mass is 342 g/mol. The van der Waals surface area contributed by atoms with Gasteiger partial charge in [-0.3, -0.25) is 9.88 Å². The third kappa shape index (κ3) is 3.05. The standard InChI is InChI=1S/C17H22N6O2/c1-12-15(11-22-9-13(10-22)23-7-6-19-17(23)24)16(21(2)20-12)25-14-4-3-5-18-8-14/h3-5,8,13H,6-7,9-11H2,1-2H3,(H,19,24). The predicted molar refractivity (Wildman–Crippen MR) is 91.4 cm³/mol. The van der Waals surface area contributed by atoms with E-state index < -0.39 is 0 Å². The minimum absolute atomic E-state index is 0.0582. The molecule has 0 saturated carbocycles. The lowest BCUT2D eigenvalue weighted by molar-refractivity contribution is 0.0582. The molecule has 25 heavy (non-hydrogen) atoms.